The maximum atomic E-state index is 6.09. The van der Waals surface area contributed by atoms with Crippen LogP contribution in [-0.2, 0) is 0 Å². The van der Waals surface area contributed by atoms with Crippen LogP contribution < -0.4 is 5.73 Å². The van der Waals surface area contributed by atoms with Gasteiger partial charge >= 0.3 is 0 Å². The molecule has 0 amide bonds. The highest BCUT2D eigenvalue weighted by Crippen LogP contribution is 2.25. The molecule has 4 heteroatoms. The van der Waals surface area contributed by atoms with Crippen LogP contribution in [0.25, 0.3) is 10.9 Å². The first-order valence-corrected chi connectivity index (χ1v) is 5.98. The minimum Gasteiger partial charge on any atom is -0.467 e. The van der Waals surface area contributed by atoms with Crippen molar-refractivity contribution in [3.05, 3.63) is 54.6 Å². The van der Waals surface area contributed by atoms with E-state index in [9.17, 15) is 0 Å². The van der Waals surface area contributed by atoms with Crippen LogP contribution in [0.4, 0.5) is 0 Å². The summed E-state index contributed by atoms with van der Waals surface area (Å²) in [5.74, 6) is 0.832. The van der Waals surface area contributed by atoms with E-state index < -0.39 is 0 Å². The normalized spacial score (nSPS) is 14.8. The number of hydrogen-bond donors (Lipinski definition) is 1. The van der Waals surface area contributed by atoms with E-state index in [4.69, 9.17) is 10.2 Å². The van der Waals surface area contributed by atoms with Crippen LogP contribution in [-0.4, -0.2) is 15.8 Å². The first kappa shape index (κ1) is 11.0. The Balaban J connectivity index is 2.16. The molecule has 1 aromatic carbocycles. The molecule has 0 bridgehead atoms. The van der Waals surface area contributed by atoms with E-state index >= 15 is 0 Å². The highest BCUT2D eigenvalue weighted by molar-refractivity contribution is 5.78. The molecule has 3 aromatic rings. The fraction of sp³-hybridized carbons (Fsp3) is 0.214. The molecule has 0 saturated carbocycles. The predicted octanol–water partition coefficient (Wildman–Crippen LogP) is 2.57. The molecule has 2 N–H and O–H groups in total. The van der Waals surface area contributed by atoms with Crippen molar-refractivity contribution >= 4 is 10.9 Å². The van der Waals surface area contributed by atoms with Crippen molar-refractivity contribution in [2.75, 3.05) is 0 Å². The molecule has 0 fully saturated rings. The van der Waals surface area contributed by atoms with Gasteiger partial charge in [0.05, 0.1) is 18.0 Å². The number of nitrogens with two attached hydrogens (primary N) is 1. The summed E-state index contributed by atoms with van der Waals surface area (Å²) in [6.07, 6.45) is 3.52. The van der Waals surface area contributed by atoms with Crippen molar-refractivity contribution in [2.24, 2.45) is 5.73 Å². The van der Waals surface area contributed by atoms with Gasteiger partial charge in [0.15, 0.2) is 0 Å². The van der Waals surface area contributed by atoms with E-state index in [1.54, 1.807) is 6.26 Å². The Labute approximate surface area is 105 Å². The largest absolute Gasteiger partial charge is 0.467 e. The second-order valence-electron chi connectivity index (χ2n) is 4.47. The Kier molecular flexibility index (Phi) is 2.64. The SMILES string of the molecule is CC(N)C(c1ccco1)n1ncc2ccccc21. The van der Waals surface area contributed by atoms with Gasteiger partial charge in [-0.1, -0.05) is 18.2 Å². The molecule has 2 atom stereocenters. The third-order valence-corrected chi connectivity index (χ3v) is 3.10. The van der Waals surface area contributed by atoms with E-state index in [0.29, 0.717) is 0 Å². The number of hydrogen-bond acceptors (Lipinski definition) is 3. The van der Waals surface area contributed by atoms with Gasteiger partial charge in [-0.2, -0.15) is 5.10 Å². The second kappa shape index (κ2) is 4.31. The summed E-state index contributed by atoms with van der Waals surface area (Å²) >= 11 is 0. The van der Waals surface area contributed by atoms with Gasteiger partial charge in [0.1, 0.15) is 11.8 Å². The Hall–Kier alpha value is -2.07. The van der Waals surface area contributed by atoms with Crippen LogP contribution in [0.3, 0.4) is 0 Å². The molecule has 2 aromatic heterocycles. The highest BCUT2D eigenvalue weighted by atomic mass is 16.3. The lowest BCUT2D eigenvalue weighted by atomic mass is 10.1. The number of benzene rings is 1. The van der Waals surface area contributed by atoms with Gasteiger partial charge in [-0.05, 0) is 25.1 Å². The van der Waals surface area contributed by atoms with E-state index in [0.717, 1.165) is 16.7 Å². The van der Waals surface area contributed by atoms with E-state index in [-0.39, 0.29) is 12.1 Å². The number of furan rings is 1. The van der Waals surface area contributed by atoms with E-state index in [1.807, 2.05) is 54.2 Å². The lowest BCUT2D eigenvalue weighted by Gasteiger charge is -2.20. The topological polar surface area (TPSA) is 57.0 Å². The first-order valence-electron chi connectivity index (χ1n) is 5.98. The van der Waals surface area contributed by atoms with Crippen molar-refractivity contribution in [2.45, 2.75) is 19.0 Å². The van der Waals surface area contributed by atoms with Gasteiger partial charge in [0.25, 0.3) is 0 Å². The zero-order chi connectivity index (χ0) is 12.5. The maximum absolute atomic E-state index is 6.09. The fourth-order valence-corrected chi connectivity index (χ4v) is 2.28. The smallest absolute Gasteiger partial charge is 0.129 e. The number of aromatic nitrogens is 2. The second-order valence-corrected chi connectivity index (χ2v) is 4.47. The van der Waals surface area contributed by atoms with Gasteiger partial charge in [0.2, 0.25) is 0 Å². The van der Waals surface area contributed by atoms with Gasteiger partial charge in [-0.3, -0.25) is 4.68 Å². The average molecular weight is 241 g/mol. The summed E-state index contributed by atoms with van der Waals surface area (Å²) in [5, 5.41) is 5.56. The third-order valence-electron chi connectivity index (χ3n) is 3.10. The third kappa shape index (κ3) is 1.71. The maximum Gasteiger partial charge on any atom is 0.129 e. The fourth-order valence-electron chi connectivity index (χ4n) is 2.28. The molecule has 3 rings (SSSR count). The van der Waals surface area contributed by atoms with Crippen LogP contribution >= 0.6 is 0 Å². The number of rotatable bonds is 3. The Morgan fingerprint density at radius 1 is 1.22 bits per heavy atom. The monoisotopic (exact) mass is 241 g/mol. The number of nitrogens with zero attached hydrogens (tertiary/aromatic N) is 2. The molecule has 4 nitrogen and oxygen atoms in total. The summed E-state index contributed by atoms with van der Waals surface area (Å²) in [5.41, 5.74) is 7.16. The van der Waals surface area contributed by atoms with Crippen LogP contribution in [0.2, 0.25) is 0 Å². The lowest BCUT2D eigenvalue weighted by molar-refractivity contribution is 0.375. The van der Waals surface area contributed by atoms with Crippen molar-refractivity contribution in [1.29, 1.82) is 0 Å². The zero-order valence-corrected chi connectivity index (χ0v) is 10.2. The number of fused-ring (bicyclic) bond motifs is 1. The average Bonchev–Trinajstić information content (AvgIpc) is 3.00. The van der Waals surface area contributed by atoms with Gasteiger partial charge < -0.3 is 10.2 Å². The minimum absolute atomic E-state index is 0.0834. The van der Waals surface area contributed by atoms with Crippen molar-refractivity contribution in [3.8, 4) is 0 Å². The van der Waals surface area contributed by atoms with Crippen molar-refractivity contribution in [3.63, 3.8) is 0 Å². The molecule has 92 valence electrons. The van der Waals surface area contributed by atoms with Crippen LogP contribution in [0.1, 0.15) is 18.7 Å². The molecular weight excluding hydrogens is 226 g/mol. The van der Waals surface area contributed by atoms with Crippen LogP contribution in [0, 0.1) is 0 Å². The molecule has 0 aliphatic rings. The highest BCUT2D eigenvalue weighted by Gasteiger charge is 2.23. The molecule has 2 unspecified atom stereocenters. The molecule has 18 heavy (non-hydrogen) atoms. The minimum atomic E-state index is -0.0838. The Morgan fingerprint density at radius 2 is 2.06 bits per heavy atom. The quantitative estimate of drug-likeness (QED) is 0.766. The van der Waals surface area contributed by atoms with Gasteiger partial charge in [-0.15, -0.1) is 0 Å². The summed E-state index contributed by atoms with van der Waals surface area (Å²) in [4.78, 5) is 0. The molecule has 0 aliphatic carbocycles. The summed E-state index contributed by atoms with van der Waals surface area (Å²) in [7, 11) is 0. The molecule has 0 spiro atoms. The molecular formula is C14H15N3O. The molecule has 0 aliphatic heterocycles. The summed E-state index contributed by atoms with van der Waals surface area (Å²) in [6.45, 7) is 1.96. The van der Waals surface area contributed by atoms with Gasteiger partial charge in [-0.25, -0.2) is 0 Å². The van der Waals surface area contributed by atoms with Crippen molar-refractivity contribution < 1.29 is 4.42 Å². The molecule has 0 saturated heterocycles. The zero-order valence-electron chi connectivity index (χ0n) is 10.2. The van der Waals surface area contributed by atoms with Crippen LogP contribution in [0.15, 0.2) is 53.3 Å². The van der Waals surface area contributed by atoms with E-state index in [1.165, 1.54) is 0 Å². The van der Waals surface area contributed by atoms with Crippen molar-refractivity contribution in [1.82, 2.24) is 9.78 Å². The standard InChI is InChI=1S/C14H15N3O/c1-10(15)14(13-7-4-8-18-13)17-12-6-3-2-5-11(12)9-16-17/h2-10,14H,15H2,1H3. The summed E-state index contributed by atoms with van der Waals surface area (Å²) in [6, 6.07) is 11.7. The Bertz CT molecular complexity index is 640. The predicted molar refractivity (Wildman–Crippen MR) is 70.2 cm³/mol. The van der Waals surface area contributed by atoms with Gasteiger partial charge in [0, 0.05) is 11.4 Å². The molecule has 0 radical (unpaired) electrons. The first-order chi connectivity index (χ1) is 8.77. The van der Waals surface area contributed by atoms with E-state index in [2.05, 4.69) is 5.10 Å². The molecule has 2 heterocycles. The summed E-state index contributed by atoms with van der Waals surface area (Å²) < 4.78 is 7.42. The lowest BCUT2D eigenvalue weighted by Crippen LogP contribution is -2.30. The number of para-hydroxylation sites is 1. The van der Waals surface area contributed by atoms with Crippen LogP contribution in [0.5, 0.6) is 0 Å². The Morgan fingerprint density at radius 3 is 2.78 bits per heavy atom.